The average Bonchev–Trinajstić information content (AvgIpc) is 2.42. The molecule has 0 fully saturated rings. The molecule has 1 aromatic carbocycles. The van der Waals surface area contributed by atoms with Crippen LogP contribution in [0.25, 0.3) is 0 Å². The van der Waals surface area contributed by atoms with E-state index in [0.717, 1.165) is 5.56 Å². The van der Waals surface area contributed by atoms with Gasteiger partial charge in [-0.2, -0.15) is 0 Å². The number of nitrogens with one attached hydrogen (secondary N) is 1. The van der Waals surface area contributed by atoms with Crippen molar-refractivity contribution in [3.05, 3.63) is 58.4 Å². The van der Waals surface area contributed by atoms with Crippen LogP contribution in [0.1, 0.15) is 42.3 Å². The van der Waals surface area contributed by atoms with E-state index < -0.39 is 0 Å². The molecule has 0 unspecified atom stereocenters. The molecule has 0 atom stereocenters. The molecule has 2 aromatic rings. The van der Waals surface area contributed by atoms with Crippen molar-refractivity contribution in [3.8, 4) is 0 Å². The Hall–Kier alpha value is -1.87. The normalized spacial score (nSPS) is 11.3. The van der Waals surface area contributed by atoms with Gasteiger partial charge in [-0.3, -0.25) is 4.79 Å². The molecule has 0 radical (unpaired) electrons. The van der Waals surface area contributed by atoms with Gasteiger partial charge in [0.2, 0.25) is 0 Å². The molecule has 0 aliphatic rings. The number of halogens is 1. The summed E-state index contributed by atoms with van der Waals surface area (Å²) in [6.07, 6.45) is 1.66. The molecule has 3 nitrogen and oxygen atoms in total. The van der Waals surface area contributed by atoms with Crippen molar-refractivity contribution in [3.63, 3.8) is 0 Å². The smallest absolute Gasteiger partial charge is 0.255 e. The molecule has 1 N–H and O–H groups in total. The van der Waals surface area contributed by atoms with Crippen LogP contribution in [0, 0.1) is 6.92 Å². The summed E-state index contributed by atoms with van der Waals surface area (Å²) < 4.78 is 0. The molecule has 0 aliphatic carbocycles. The second-order valence-electron chi connectivity index (χ2n) is 6.13. The lowest BCUT2D eigenvalue weighted by Gasteiger charge is -2.19. The molecule has 1 heterocycles. The van der Waals surface area contributed by atoms with Gasteiger partial charge in [-0.1, -0.05) is 44.5 Å². The fourth-order valence-corrected chi connectivity index (χ4v) is 2.11. The second kappa shape index (κ2) is 5.86. The standard InChI is InChI=1S/C17H19ClN2O/c1-11-9-14(15(18)19-10-11)20-16(21)12-5-7-13(8-6-12)17(2,3)4/h5-10H,1-4H3,(H,20,21). The summed E-state index contributed by atoms with van der Waals surface area (Å²) in [7, 11) is 0. The number of anilines is 1. The Morgan fingerprint density at radius 2 is 1.81 bits per heavy atom. The molecular formula is C17H19ClN2O. The summed E-state index contributed by atoms with van der Waals surface area (Å²) >= 11 is 5.99. The molecule has 110 valence electrons. The molecular weight excluding hydrogens is 284 g/mol. The lowest BCUT2D eigenvalue weighted by atomic mass is 9.87. The second-order valence-corrected chi connectivity index (χ2v) is 6.49. The quantitative estimate of drug-likeness (QED) is 0.824. The number of aromatic nitrogens is 1. The lowest BCUT2D eigenvalue weighted by Crippen LogP contribution is -2.14. The topological polar surface area (TPSA) is 42.0 Å². The molecule has 0 saturated carbocycles. The first-order chi connectivity index (χ1) is 9.77. The maximum Gasteiger partial charge on any atom is 0.255 e. The third-order valence-electron chi connectivity index (χ3n) is 3.24. The Morgan fingerprint density at radius 1 is 1.19 bits per heavy atom. The number of hydrogen-bond acceptors (Lipinski definition) is 2. The van der Waals surface area contributed by atoms with Gasteiger partial charge in [0.25, 0.3) is 5.91 Å². The van der Waals surface area contributed by atoms with Gasteiger partial charge in [-0.05, 0) is 41.7 Å². The van der Waals surface area contributed by atoms with Crippen LogP contribution in [0.5, 0.6) is 0 Å². The number of carbonyl (C=O) groups excluding carboxylic acids is 1. The molecule has 21 heavy (non-hydrogen) atoms. The average molecular weight is 303 g/mol. The predicted molar refractivity (Wildman–Crippen MR) is 87.1 cm³/mol. The Bertz CT molecular complexity index is 657. The van der Waals surface area contributed by atoms with E-state index in [2.05, 4.69) is 31.1 Å². The zero-order valence-electron chi connectivity index (χ0n) is 12.7. The number of carbonyl (C=O) groups is 1. The number of rotatable bonds is 2. The predicted octanol–water partition coefficient (Wildman–Crippen LogP) is 4.59. The van der Waals surface area contributed by atoms with E-state index in [-0.39, 0.29) is 11.3 Å². The SMILES string of the molecule is Cc1cnc(Cl)c(NC(=O)c2ccc(C(C)(C)C)cc2)c1. The van der Waals surface area contributed by atoms with Crippen LogP contribution in [0.2, 0.25) is 5.15 Å². The van der Waals surface area contributed by atoms with E-state index in [0.29, 0.717) is 16.4 Å². The van der Waals surface area contributed by atoms with Gasteiger partial charge < -0.3 is 5.32 Å². The summed E-state index contributed by atoms with van der Waals surface area (Å²) in [6, 6.07) is 9.41. The monoisotopic (exact) mass is 302 g/mol. The minimum Gasteiger partial charge on any atom is -0.319 e. The van der Waals surface area contributed by atoms with Crippen molar-refractivity contribution >= 4 is 23.2 Å². The highest BCUT2D eigenvalue weighted by Crippen LogP contribution is 2.23. The number of amides is 1. The van der Waals surface area contributed by atoms with Crippen LogP contribution < -0.4 is 5.32 Å². The third kappa shape index (κ3) is 3.82. The maximum absolute atomic E-state index is 12.2. The van der Waals surface area contributed by atoms with Crippen molar-refractivity contribution in [2.45, 2.75) is 33.1 Å². The van der Waals surface area contributed by atoms with Gasteiger partial charge in [0, 0.05) is 11.8 Å². The van der Waals surface area contributed by atoms with Gasteiger partial charge in [0.15, 0.2) is 5.15 Å². The highest BCUT2D eigenvalue weighted by atomic mass is 35.5. The van der Waals surface area contributed by atoms with E-state index >= 15 is 0 Å². The van der Waals surface area contributed by atoms with Gasteiger partial charge in [0.1, 0.15) is 0 Å². The molecule has 0 spiro atoms. The van der Waals surface area contributed by atoms with Crippen LogP contribution in [-0.2, 0) is 5.41 Å². The van der Waals surface area contributed by atoms with Crippen molar-refractivity contribution in [2.24, 2.45) is 0 Å². The fraction of sp³-hybridized carbons (Fsp3) is 0.294. The van der Waals surface area contributed by atoms with Crippen molar-refractivity contribution in [2.75, 3.05) is 5.32 Å². The number of pyridine rings is 1. The Morgan fingerprint density at radius 3 is 2.38 bits per heavy atom. The van der Waals surface area contributed by atoms with Crippen LogP contribution in [-0.4, -0.2) is 10.9 Å². The van der Waals surface area contributed by atoms with Crippen molar-refractivity contribution in [1.29, 1.82) is 0 Å². The first kappa shape index (κ1) is 15.5. The Balaban J connectivity index is 2.19. The molecule has 1 amide bonds. The van der Waals surface area contributed by atoms with E-state index in [4.69, 9.17) is 11.6 Å². The van der Waals surface area contributed by atoms with Gasteiger partial charge >= 0.3 is 0 Å². The number of nitrogens with zero attached hydrogens (tertiary/aromatic N) is 1. The summed E-state index contributed by atoms with van der Waals surface area (Å²) in [5.74, 6) is -0.190. The minimum atomic E-state index is -0.190. The van der Waals surface area contributed by atoms with Gasteiger partial charge in [-0.25, -0.2) is 4.98 Å². The van der Waals surface area contributed by atoms with Crippen molar-refractivity contribution in [1.82, 2.24) is 4.98 Å². The largest absolute Gasteiger partial charge is 0.319 e. The highest BCUT2D eigenvalue weighted by Gasteiger charge is 2.15. The number of aryl methyl sites for hydroxylation is 1. The molecule has 4 heteroatoms. The van der Waals surface area contributed by atoms with E-state index in [1.165, 1.54) is 5.56 Å². The molecule has 1 aromatic heterocycles. The third-order valence-corrected chi connectivity index (χ3v) is 3.54. The van der Waals surface area contributed by atoms with Gasteiger partial charge in [-0.15, -0.1) is 0 Å². The zero-order valence-corrected chi connectivity index (χ0v) is 13.5. The van der Waals surface area contributed by atoms with Crippen LogP contribution in [0.3, 0.4) is 0 Å². The molecule has 2 rings (SSSR count). The number of benzene rings is 1. The van der Waals surface area contributed by atoms with E-state index in [1.807, 2.05) is 31.2 Å². The molecule has 0 saturated heterocycles. The fourth-order valence-electron chi connectivity index (χ4n) is 1.96. The van der Waals surface area contributed by atoms with Crippen LogP contribution in [0.15, 0.2) is 36.5 Å². The zero-order chi connectivity index (χ0) is 15.6. The summed E-state index contributed by atoms with van der Waals surface area (Å²) in [6.45, 7) is 8.32. The summed E-state index contributed by atoms with van der Waals surface area (Å²) in [4.78, 5) is 16.3. The minimum absolute atomic E-state index is 0.0682. The van der Waals surface area contributed by atoms with Crippen molar-refractivity contribution < 1.29 is 4.79 Å². The molecule has 0 aliphatic heterocycles. The number of hydrogen-bond donors (Lipinski definition) is 1. The van der Waals surface area contributed by atoms with E-state index in [9.17, 15) is 4.79 Å². The summed E-state index contributed by atoms with van der Waals surface area (Å²) in [5.41, 5.74) is 3.33. The van der Waals surface area contributed by atoms with Crippen LogP contribution >= 0.6 is 11.6 Å². The van der Waals surface area contributed by atoms with E-state index in [1.54, 1.807) is 12.3 Å². The maximum atomic E-state index is 12.2. The molecule has 0 bridgehead atoms. The first-order valence-corrected chi connectivity index (χ1v) is 7.19. The summed E-state index contributed by atoms with van der Waals surface area (Å²) in [5, 5.41) is 3.08. The Kier molecular flexibility index (Phi) is 4.33. The van der Waals surface area contributed by atoms with Gasteiger partial charge in [0.05, 0.1) is 5.69 Å². The Labute approximate surface area is 130 Å². The van der Waals surface area contributed by atoms with Crippen LogP contribution in [0.4, 0.5) is 5.69 Å². The highest BCUT2D eigenvalue weighted by molar-refractivity contribution is 6.32. The lowest BCUT2D eigenvalue weighted by molar-refractivity contribution is 0.102. The first-order valence-electron chi connectivity index (χ1n) is 6.81.